The van der Waals surface area contributed by atoms with Gasteiger partial charge in [-0.2, -0.15) is 8.78 Å². The van der Waals surface area contributed by atoms with Crippen molar-refractivity contribution in [2.24, 2.45) is 0 Å². The summed E-state index contributed by atoms with van der Waals surface area (Å²) in [5.74, 6) is -6.49. The first-order valence-electron chi connectivity index (χ1n) is 13.0. The first-order chi connectivity index (χ1) is 21.1. The molecule has 0 aliphatic heterocycles. The highest BCUT2D eigenvalue weighted by atomic mass is 19.4. The summed E-state index contributed by atoms with van der Waals surface area (Å²) >= 11 is 0. The molecule has 0 atom stereocenters. The van der Waals surface area contributed by atoms with Crippen LogP contribution in [0, 0.1) is 46.7 Å². The van der Waals surface area contributed by atoms with Crippen molar-refractivity contribution in [3.8, 4) is 34.5 Å². The number of aryl methyl sites for hydroxylation is 1. The standard InChI is InChI=1S/C32H19F11O2/c1-2-3-4-18-12-24(33)22(25(34)13-18)8-5-17-6-10-23(27(36)11-17)31(39,40)44-20-7-9-21(26(35)16-20)19-14-28(37)30(29(38)15-19)45-32(41,42)43/h6-7,9-16H,2-4H2,1H3. The molecule has 0 radical (unpaired) electrons. The van der Waals surface area contributed by atoms with Gasteiger partial charge in [-0.05, 0) is 78.6 Å². The molecule has 0 heterocycles. The van der Waals surface area contributed by atoms with Crippen molar-refractivity contribution in [1.82, 2.24) is 0 Å². The summed E-state index contributed by atoms with van der Waals surface area (Å²) in [5, 5.41) is 0. The van der Waals surface area contributed by atoms with E-state index < -0.39 is 81.1 Å². The molecule has 4 aromatic carbocycles. The third kappa shape index (κ3) is 8.06. The largest absolute Gasteiger partial charge is 0.573 e. The number of unbranched alkanes of at least 4 members (excludes halogenated alkanes) is 1. The number of hydrogen-bond donors (Lipinski definition) is 0. The van der Waals surface area contributed by atoms with Gasteiger partial charge < -0.3 is 9.47 Å². The van der Waals surface area contributed by atoms with Crippen LogP contribution in [-0.4, -0.2) is 6.36 Å². The minimum absolute atomic E-state index is 0.206. The highest BCUT2D eigenvalue weighted by Gasteiger charge is 2.38. The average Bonchev–Trinajstić information content (AvgIpc) is 2.92. The van der Waals surface area contributed by atoms with E-state index in [2.05, 4.69) is 21.3 Å². The molecule has 2 nitrogen and oxygen atoms in total. The molecular formula is C32H19F11O2. The third-order valence-corrected chi connectivity index (χ3v) is 6.25. The van der Waals surface area contributed by atoms with Crippen molar-refractivity contribution < 1.29 is 57.8 Å². The number of benzene rings is 4. The van der Waals surface area contributed by atoms with E-state index >= 15 is 0 Å². The van der Waals surface area contributed by atoms with Crippen LogP contribution in [0.5, 0.6) is 11.5 Å². The van der Waals surface area contributed by atoms with Gasteiger partial charge in [0.2, 0.25) is 5.75 Å². The van der Waals surface area contributed by atoms with Crippen LogP contribution in [0.3, 0.4) is 0 Å². The summed E-state index contributed by atoms with van der Waals surface area (Å²) in [7, 11) is 0. The molecule has 0 spiro atoms. The Morgan fingerprint density at radius 1 is 0.644 bits per heavy atom. The van der Waals surface area contributed by atoms with Gasteiger partial charge in [-0.15, -0.1) is 13.2 Å². The van der Waals surface area contributed by atoms with E-state index in [9.17, 15) is 48.3 Å². The summed E-state index contributed by atoms with van der Waals surface area (Å²) in [6.45, 7) is 1.92. The minimum Gasteiger partial charge on any atom is -0.429 e. The van der Waals surface area contributed by atoms with Crippen LogP contribution in [0.25, 0.3) is 11.1 Å². The van der Waals surface area contributed by atoms with E-state index in [1.807, 2.05) is 6.92 Å². The Hall–Kier alpha value is -4.73. The van der Waals surface area contributed by atoms with Gasteiger partial charge in [0.1, 0.15) is 34.6 Å². The van der Waals surface area contributed by atoms with Crippen molar-refractivity contribution in [2.45, 2.75) is 38.7 Å². The molecule has 0 aliphatic rings. The summed E-state index contributed by atoms with van der Waals surface area (Å²) < 4.78 is 161. The maximum Gasteiger partial charge on any atom is 0.573 e. The van der Waals surface area contributed by atoms with Gasteiger partial charge >= 0.3 is 12.5 Å². The van der Waals surface area contributed by atoms with Crippen LogP contribution in [0.4, 0.5) is 48.3 Å². The molecule has 4 rings (SSSR count). The van der Waals surface area contributed by atoms with Crippen molar-refractivity contribution in [3.63, 3.8) is 0 Å². The summed E-state index contributed by atoms with van der Waals surface area (Å²) in [6, 6.07) is 6.91. The lowest BCUT2D eigenvalue weighted by Gasteiger charge is -2.19. The lowest BCUT2D eigenvalue weighted by Crippen LogP contribution is -2.23. The van der Waals surface area contributed by atoms with Crippen LogP contribution in [-0.2, 0) is 12.5 Å². The van der Waals surface area contributed by atoms with Gasteiger partial charge in [0, 0.05) is 17.2 Å². The summed E-state index contributed by atoms with van der Waals surface area (Å²) in [5.41, 5.74) is -2.86. The fraction of sp³-hybridized carbons (Fsp3) is 0.188. The average molecular weight is 644 g/mol. The van der Waals surface area contributed by atoms with E-state index in [0.717, 1.165) is 36.8 Å². The normalized spacial score (nSPS) is 11.6. The number of halogens is 11. The van der Waals surface area contributed by atoms with Crippen molar-refractivity contribution in [3.05, 3.63) is 118 Å². The van der Waals surface area contributed by atoms with Gasteiger partial charge in [0.15, 0.2) is 11.6 Å². The van der Waals surface area contributed by atoms with Gasteiger partial charge in [-0.3, -0.25) is 0 Å². The topological polar surface area (TPSA) is 18.5 Å². The van der Waals surface area contributed by atoms with Gasteiger partial charge in [-0.25, -0.2) is 26.3 Å². The number of hydrogen-bond acceptors (Lipinski definition) is 2. The predicted octanol–water partition coefficient (Wildman–Crippen LogP) is 9.96. The molecule has 0 aliphatic carbocycles. The Bertz CT molecular complexity index is 1740. The molecule has 0 saturated carbocycles. The highest BCUT2D eigenvalue weighted by molar-refractivity contribution is 5.66. The first-order valence-corrected chi connectivity index (χ1v) is 13.0. The predicted molar refractivity (Wildman–Crippen MR) is 140 cm³/mol. The van der Waals surface area contributed by atoms with Crippen molar-refractivity contribution in [1.29, 1.82) is 0 Å². The second kappa shape index (κ2) is 13.1. The van der Waals surface area contributed by atoms with Crippen molar-refractivity contribution >= 4 is 0 Å². The summed E-state index contributed by atoms with van der Waals surface area (Å²) in [4.78, 5) is 0. The fourth-order valence-electron chi connectivity index (χ4n) is 4.16. The second-order valence-corrected chi connectivity index (χ2v) is 9.56. The molecule has 236 valence electrons. The zero-order valence-corrected chi connectivity index (χ0v) is 22.9. The van der Waals surface area contributed by atoms with Crippen LogP contribution in [0.1, 0.15) is 42.0 Å². The zero-order valence-electron chi connectivity index (χ0n) is 22.9. The smallest absolute Gasteiger partial charge is 0.429 e. The first kappa shape index (κ1) is 33.2. The highest BCUT2D eigenvalue weighted by Crippen LogP contribution is 2.37. The molecule has 0 N–H and O–H groups in total. The van der Waals surface area contributed by atoms with E-state index in [1.165, 1.54) is 0 Å². The molecule has 0 aromatic heterocycles. The lowest BCUT2D eigenvalue weighted by molar-refractivity contribution is -0.276. The maximum absolute atomic E-state index is 14.8. The van der Waals surface area contributed by atoms with E-state index in [1.54, 1.807) is 0 Å². The Morgan fingerprint density at radius 3 is 1.84 bits per heavy atom. The maximum atomic E-state index is 14.8. The Kier molecular flexibility index (Phi) is 9.65. The van der Waals surface area contributed by atoms with Crippen molar-refractivity contribution in [2.75, 3.05) is 0 Å². The fourth-order valence-corrected chi connectivity index (χ4v) is 4.16. The molecule has 45 heavy (non-hydrogen) atoms. The van der Waals surface area contributed by atoms with Crippen LogP contribution < -0.4 is 9.47 Å². The molecule has 4 aromatic rings. The zero-order chi connectivity index (χ0) is 33.1. The second-order valence-electron chi connectivity index (χ2n) is 9.56. The molecule has 13 heteroatoms. The Labute approximate surface area is 249 Å². The Balaban J connectivity index is 1.53. The molecule has 0 fully saturated rings. The number of rotatable bonds is 8. The Morgan fingerprint density at radius 2 is 1.29 bits per heavy atom. The van der Waals surface area contributed by atoms with Gasteiger partial charge in [0.05, 0.1) is 5.56 Å². The third-order valence-electron chi connectivity index (χ3n) is 6.25. The number of ether oxygens (including phenoxy) is 2. The number of alkyl halides is 5. The van der Waals surface area contributed by atoms with E-state index in [0.29, 0.717) is 48.7 Å². The molecule has 0 bridgehead atoms. The monoisotopic (exact) mass is 644 g/mol. The SMILES string of the molecule is CCCCc1cc(F)c(C#Cc2ccc(C(F)(F)Oc3ccc(-c4cc(F)c(OC(F)(F)F)c(F)c4)c(F)c3)c(F)c2)c(F)c1. The van der Waals surface area contributed by atoms with Crippen LogP contribution in [0.2, 0.25) is 0 Å². The molecule has 0 saturated heterocycles. The van der Waals surface area contributed by atoms with Crippen LogP contribution in [0.15, 0.2) is 60.7 Å². The quantitative estimate of drug-likeness (QED) is 0.140. The van der Waals surface area contributed by atoms with Crippen LogP contribution >= 0.6 is 0 Å². The van der Waals surface area contributed by atoms with E-state index in [4.69, 9.17) is 0 Å². The molecule has 0 amide bonds. The summed E-state index contributed by atoms with van der Waals surface area (Å²) in [6.07, 6.45) is -7.82. The molecular weight excluding hydrogens is 625 g/mol. The van der Waals surface area contributed by atoms with E-state index in [-0.39, 0.29) is 5.56 Å². The molecule has 0 unspecified atom stereocenters. The van der Waals surface area contributed by atoms with Gasteiger partial charge in [0.25, 0.3) is 0 Å². The lowest BCUT2D eigenvalue weighted by atomic mass is 10.0. The van der Waals surface area contributed by atoms with Gasteiger partial charge in [-0.1, -0.05) is 25.2 Å². The minimum atomic E-state index is -5.41.